The molecule has 0 unspecified atom stereocenters. The maximum absolute atomic E-state index is 11.7. The first-order valence-electron chi connectivity index (χ1n) is 7.00. The molecule has 1 aromatic carbocycles. The topological polar surface area (TPSA) is 41.1 Å². The lowest BCUT2D eigenvalue weighted by atomic mass is 10.0. The highest BCUT2D eigenvalue weighted by Gasteiger charge is 2.17. The molecule has 3 nitrogen and oxygen atoms in total. The van der Waals surface area contributed by atoms with Gasteiger partial charge >= 0.3 is 0 Å². The fraction of sp³-hybridized carbons (Fsp3) is 0.533. The van der Waals surface area contributed by atoms with E-state index in [0.29, 0.717) is 12.3 Å². The van der Waals surface area contributed by atoms with Gasteiger partial charge in [-0.05, 0) is 49.7 Å². The van der Waals surface area contributed by atoms with Crippen LogP contribution in [0.4, 0.5) is 0 Å². The van der Waals surface area contributed by atoms with Crippen molar-refractivity contribution in [3.8, 4) is 0 Å². The lowest BCUT2D eigenvalue weighted by Gasteiger charge is -2.09. The Balaban J connectivity index is 1.50. The van der Waals surface area contributed by atoms with Crippen LogP contribution in [0.25, 0.3) is 0 Å². The lowest BCUT2D eigenvalue weighted by molar-refractivity contribution is -0.121. The highest BCUT2D eigenvalue weighted by molar-refractivity contribution is 7.99. The summed E-state index contributed by atoms with van der Waals surface area (Å²) in [7, 11) is 0. The Bertz CT molecular complexity index is 377. The molecule has 1 atom stereocenters. The molecule has 1 amide bonds. The van der Waals surface area contributed by atoms with Crippen molar-refractivity contribution in [2.45, 2.75) is 24.2 Å². The van der Waals surface area contributed by atoms with Crippen LogP contribution >= 0.6 is 11.8 Å². The second kappa shape index (κ2) is 8.23. The van der Waals surface area contributed by atoms with E-state index < -0.39 is 0 Å². The monoisotopic (exact) mass is 278 g/mol. The van der Waals surface area contributed by atoms with Gasteiger partial charge in [-0.3, -0.25) is 4.79 Å². The molecule has 0 spiro atoms. The van der Waals surface area contributed by atoms with Gasteiger partial charge in [-0.25, -0.2) is 0 Å². The van der Waals surface area contributed by atoms with E-state index in [1.807, 2.05) is 17.8 Å². The molecule has 0 radical (unpaired) electrons. The van der Waals surface area contributed by atoms with Crippen molar-refractivity contribution < 1.29 is 4.79 Å². The first-order chi connectivity index (χ1) is 9.34. The summed E-state index contributed by atoms with van der Waals surface area (Å²) in [4.78, 5) is 13.0. The van der Waals surface area contributed by atoms with Crippen LogP contribution in [0.2, 0.25) is 0 Å². The zero-order chi connectivity index (χ0) is 13.3. The molecule has 2 rings (SSSR count). The average Bonchev–Trinajstić information content (AvgIpc) is 2.92. The Hall–Kier alpha value is -1.00. The van der Waals surface area contributed by atoms with Gasteiger partial charge in [0.05, 0.1) is 0 Å². The molecular formula is C15H22N2OS. The summed E-state index contributed by atoms with van der Waals surface area (Å²) in [5, 5.41) is 6.30. The highest BCUT2D eigenvalue weighted by atomic mass is 32.2. The number of benzene rings is 1. The van der Waals surface area contributed by atoms with Gasteiger partial charge in [-0.2, -0.15) is 0 Å². The van der Waals surface area contributed by atoms with E-state index in [9.17, 15) is 4.79 Å². The third kappa shape index (κ3) is 5.66. The summed E-state index contributed by atoms with van der Waals surface area (Å²) in [6, 6.07) is 10.4. The first kappa shape index (κ1) is 14.4. The molecule has 0 saturated carbocycles. The number of hydrogen-bond donors (Lipinski definition) is 2. The van der Waals surface area contributed by atoms with Gasteiger partial charge in [0.15, 0.2) is 0 Å². The van der Waals surface area contributed by atoms with Gasteiger partial charge in [0.25, 0.3) is 0 Å². The molecule has 104 valence electrons. The summed E-state index contributed by atoms with van der Waals surface area (Å²) in [6.45, 7) is 2.85. The van der Waals surface area contributed by atoms with Crippen molar-refractivity contribution in [3.63, 3.8) is 0 Å². The zero-order valence-corrected chi connectivity index (χ0v) is 12.0. The molecule has 1 heterocycles. The molecule has 4 heteroatoms. The minimum absolute atomic E-state index is 0.207. The van der Waals surface area contributed by atoms with E-state index in [0.717, 1.165) is 38.2 Å². The van der Waals surface area contributed by atoms with E-state index in [-0.39, 0.29) is 5.91 Å². The molecular weight excluding hydrogens is 256 g/mol. The van der Waals surface area contributed by atoms with Crippen molar-refractivity contribution in [3.05, 3.63) is 30.3 Å². The fourth-order valence-corrected chi connectivity index (χ4v) is 3.10. The minimum atomic E-state index is 0.207. The smallest absolute Gasteiger partial charge is 0.220 e. The van der Waals surface area contributed by atoms with E-state index in [1.165, 1.54) is 4.90 Å². The van der Waals surface area contributed by atoms with Gasteiger partial charge in [-0.15, -0.1) is 11.8 Å². The van der Waals surface area contributed by atoms with Gasteiger partial charge in [0, 0.05) is 17.9 Å². The SMILES string of the molecule is O=C(C[C@H]1CCNC1)NCCCSc1ccccc1. The Morgan fingerprint density at radius 3 is 2.95 bits per heavy atom. The lowest BCUT2D eigenvalue weighted by Crippen LogP contribution is -2.27. The van der Waals surface area contributed by atoms with E-state index in [2.05, 4.69) is 34.9 Å². The number of rotatable bonds is 7. The molecule has 1 aromatic rings. The van der Waals surface area contributed by atoms with E-state index in [1.54, 1.807) is 0 Å². The number of hydrogen-bond acceptors (Lipinski definition) is 3. The van der Waals surface area contributed by atoms with Gasteiger partial charge in [-0.1, -0.05) is 18.2 Å². The molecule has 1 aliphatic heterocycles. The average molecular weight is 278 g/mol. The molecule has 2 N–H and O–H groups in total. The van der Waals surface area contributed by atoms with Crippen molar-refractivity contribution in [1.82, 2.24) is 10.6 Å². The third-order valence-corrected chi connectivity index (χ3v) is 4.39. The van der Waals surface area contributed by atoms with Crippen LogP contribution in [0.1, 0.15) is 19.3 Å². The zero-order valence-electron chi connectivity index (χ0n) is 11.2. The molecule has 1 aliphatic rings. The van der Waals surface area contributed by atoms with Crippen molar-refractivity contribution in [2.24, 2.45) is 5.92 Å². The Labute approximate surface area is 119 Å². The van der Waals surface area contributed by atoms with Gasteiger partial charge in [0.1, 0.15) is 0 Å². The fourth-order valence-electron chi connectivity index (χ4n) is 2.23. The highest BCUT2D eigenvalue weighted by Crippen LogP contribution is 2.17. The summed E-state index contributed by atoms with van der Waals surface area (Å²) in [6.07, 6.45) is 2.84. The van der Waals surface area contributed by atoms with E-state index in [4.69, 9.17) is 0 Å². The maximum Gasteiger partial charge on any atom is 0.220 e. The number of thioether (sulfide) groups is 1. The van der Waals surface area contributed by atoms with Crippen molar-refractivity contribution in [2.75, 3.05) is 25.4 Å². The second-order valence-corrected chi connectivity index (χ2v) is 6.10. The van der Waals surface area contributed by atoms with Crippen LogP contribution in [-0.2, 0) is 4.79 Å². The van der Waals surface area contributed by atoms with Crippen LogP contribution in [0, 0.1) is 5.92 Å². The summed E-state index contributed by atoms with van der Waals surface area (Å²) < 4.78 is 0. The largest absolute Gasteiger partial charge is 0.356 e. The number of amides is 1. The van der Waals surface area contributed by atoms with Crippen LogP contribution in [-0.4, -0.2) is 31.3 Å². The number of carbonyl (C=O) groups excluding carboxylic acids is 1. The normalized spacial score (nSPS) is 18.4. The molecule has 0 bridgehead atoms. The summed E-state index contributed by atoms with van der Waals surface area (Å²) >= 11 is 1.84. The quantitative estimate of drug-likeness (QED) is 0.594. The summed E-state index contributed by atoms with van der Waals surface area (Å²) in [5.74, 6) is 1.80. The predicted molar refractivity (Wildman–Crippen MR) is 80.4 cm³/mol. The second-order valence-electron chi connectivity index (χ2n) is 4.93. The standard InChI is InChI=1S/C15H22N2OS/c18-15(11-13-7-9-16-12-13)17-8-4-10-19-14-5-2-1-3-6-14/h1-3,5-6,13,16H,4,7-12H2,(H,17,18)/t13-/m1/s1. The molecule has 0 aliphatic carbocycles. The van der Waals surface area contributed by atoms with Gasteiger partial charge in [0.2, 0.25) is 5.91 Å². The predicted octanol–water partition coefficient (Wildman–Crippen LogP) is 2.28. The third-order valence-electron chi connectivity index (χ3n) is 3.29. The van der Waals surface area contributed by atoms with Crippen molar-refractivity contribution in [1.29, 1.82) is 0 Å². The molecule has 1 saturated heterocycles. The number of carbonyl (C=O) groups is 1. The Kier molecular flexibility index (Phi) is 6.24. The number of nitrogens with one attached hydrogen (secondary N) is 2. The molecule has 0 aromatic heterocycles. The van der Waals surface area contributed by atoms with Crippen molar-refractivity contribution >= 4 is 17.7 Å². The van der Waals surface area contributed by atoms with E-state index >= 15 is 0 Å². The first-order valence-corrected chi connectivity index (χ1v) is 7.98. The van der Waals surface area contributed by atoms with Crippen LogP contribution in [0.15, 0.2) is 35.2 Å². The van der Waals surface area contributed by atoms with Crippen LogP contribution in [0.3, 0.4) is 0 Å². The van der Waals surface area contributed by atoms with Gasteiger partial charge < -0.3 is 10.6 Å². The summed E-state index contributed by atoms with van der Waals surface area (Å²) in [5.41, 5.74) is 0. The van der Waals surface area contributed by atoms with Crippen LogP contribution in [0.5, 0.6) is 0 Å². The maximum atomic E-state index is 11.7. The molecule has 19 heavy (non-hydrogen) atoms. The Morgan fingerprint density at radius 2 is 2.21 bits per heavy atom. The van der Waals surface area contributed by atoms with Crippen LogP contribution < -0.4 is 10.6 Å². The molecule has 1 fully saturated rings. The minimum Gasteiger partial charge on any atom is -0.356 e. The Morgan fingerprint density at radius 1 is 1.37 bits per heavy atom.